The molecule has 0 aromatic rings. The van der Waals surface area contributed by atoms with Crippen molar-refractivity contribution in [2.45, 2.75) is 110 Å². The lowest BCUT2D eigenvalue weighted by Gasteiger charge is -2.23. The van der Waals surface area contributed by atoms with Crippen LogP contribution in [-0.4, -0.2) is 33.8 Å². The number of hydrogen-bond acceptors (Lipinski definition) is 3. The van der Waals surface area contributed by atoms with Crippen LogP contribution in [-0.2, 0) is 14.4 Å². The lowest BCUT2D eigenvalue weighted by molar-refractivity contribution is -0.144. The van der Waals surface area contributed by atoms with E-state index in [2.05, 4.69) is 6.92 Å². The third-order valence-corrected chi connectivity index (χ3v) is 5.44. The first kappa shape index (κ1) is 22.7. The largest absolute Gasteiger partial charge is 0.481 e. The van der Waals surface area contributed by atoms with Crippen molar-refractivity contribution >= 4 is 17.8 Å². The van der Waals surface area contributed by atoms with Crippen LogP contribution >= 0.6 is 0 Å². The lowest BCUT2D eigenvalue weighted by atomic mass is 10.00. The summed E-state index contributed by atoms with van der Waals surface area (Å²) in [5.74, 6) is -1.40. The number of imide groups is 1. The van der Waals surface area contributed by atoms with Crippen LogP contribution in [0.15, 0.2) is 0 Å². The molecule has 0 aliphatic carbocycles. The first-order valence-electron chi connectivity index (χ1n) is 10.5. The molecule has 2 unspecified atom stereocenters. The molecule has 0 spiro atoms. The van der Waals surface area contributed by atoms with E-state index in [4.69, 9.17) is 5.11 Å². The molecule has 26 heavy (non-hydrogen) atoms. The Balaban J connectivity index is 2.22. The number of carboxylic acids is 1. The molecule has 0 aromatic heterocycles. The van der Waals surface area contributed by atoms with Crippen molar-refractivity contribution in [1.29, 1.82) is 0 Å². The molecule has 1 aliphatic rings. The molecule has 1 rings (SSSR count). The van der Waals surface area contributed by atoms with Crippen molar-refractivity contribution in [3.63, 3.8) is 0 Å². The summed E-state index contributed by atoms with van der Waals surface area (Å²) in [5.41, 5.74) is 0. The predicted molar refractivity (Wildman–Crippen MR) is 103 cm³/mol. The maximum absolute atomic E-state index is 12.4. The number of amides is 2. The molecule has 0 saturated carbocycles. The SMILES string of the molecule is CCCCCCCCCCCC(=O)N1C(=O)CCC1CCC(C)C(=O)O. The van der Waals surface area contributed by atoms with Crippen molar-refractivity contribution in [3.8, 4) is 0 Å². The molecule has 1 heterocycles. The zero-order valence-corrected chi connectivity index (χ0v) is 16.7. The molecular formula is C21H37NO4. The molecule has 1 saturated heterocycles. The molecular weight excluding hydrogens is 330 g/mol. The molecule has 5 nitrogen and oxygen atoms in total. The van der Waals surface area contributed by atoms with Gasteiger partial charge in [0.05, 0.1) is 5.92 Å². The van der Waals surface area contributed by atoms with Gasteiger partial charge in [0, 0.05) is 18.9 Å². The number of likely N-dealkylation sites (tertiary alicyclic amines) is 1. The molecule has 1 N–H and O–H groups in total. The highest BCUT2D eigenvalue weighted by atomic mass is 16.4. The zero-order chi connectivity index (χ0) is 19.4. The summed E-state index contributed by atoms with van der Waals surface area (Å²) >= 11 is 0. The van der Waals surface area contributed by atoms with Crippen molar-refractivity contribution < 1.29 is 19.5 Å². The predicted octanol–water partition coefficient (Wildman–Crippen LogP) is 4.93. The van der Waals surface area contributed by atoms with Gasteiger partial charge in [-0.2, -0.15) is 0 Å². The quantitative estimate of drug-likeness (QED) is 0.442. The Morgan fingerprint density at radius 3 is 2.23 bits per heavy atom. The first-order valence-corrected chi connectivity index (χ1v) is 10.5. The van der Waals surface area contributed by atoms with Crippen LogP contribution in [0.5, 0.6) is 0 Å². The summed E-state index contributed by atoms with van der Waals surface area (Å²) in [7, 11) is 0. The van der Waals surface area contributed by atoms with Gasteiger partial charge in [-0.1, -0.05) is 65.2 Å². The van der Waals surface area contributed by atoms with Crippen molar-refractivity contribution in [1.82, 2.24) is 4.90 Å². The fourth-order valence-electron chi connectivity index (χ4n) is 3.63. The summed E-state index contributed by atoms with van der Waals surface area (Å²) in [6.45, 7) is 3.90. The molecule has 1 aliphatic heterocycles. The summed E-state index contributed by atoms with van der Waals surface area (Å²) < 4.78 is 0. The Labute approximate surface area is 158 Å². The minimum atomic E-state index is -0.818. The first-order chi connectivity index (χ1) is 12.5. The number of carbonyl (C=O) groups excluding carboxylic acids is 2. The van der Waals surface area contributed by atoms with E-state index in [9.17, 15) is 14.4 Å². The molecule has 0 bridgehead atoms. The van der Waals surface area contributed by atoms with Crippen LogP contribution in [0.25, 0.3) is 0 Å². The van der Waals surface area contributed by atoms with Gasteiger partial charge in [-0.3, -0.25) is 19.3 Å². The van der Waals surface area contributed by atoms with Gasteiger partial charge in [0.1, 0.15) is 0 Å². The minimum absolute atomic E-state index is 0.0663. The Kier molecular flexibility index (Phi) is 11.2. The molecule has 2 atom stereocenters. The van der Waals surface area contributed by atoms with E-state index in [1.165, 1.54) is 43.4 Å². The number of rotatable bonds is 14. The minimum Gasteiger partial charge on any atom is -0.481 e. The molecule has 2 amide bonds. The van der Waals surface area contributed by atoms with Crippen molar-refractivity contribution in [2.75, 3.05) is 0 Å². The lowest BCUT2D eigenvalue weighted by Crippen LogP contribution is -2.38. The monoisotopic (exact) mass is 367 g/mol. The average molecular weight is 368 g/mol. The highest BCUT2D eigenvalue weighted by molar-refractivity contribution is 5.97. The van der Waals surface area contributed by atoms with E-state index < -0.39 is 11.9 Å². The second-order valence-corrected chi connectivity index (χ2v) is 7.75. The van der Waals surface area contributed by atoms with E-state index in [1.54, 1.807) is 6.92 Å². The number of aliphatic carboxylic acids is 1. The Morgan fingerprint density at radius 1 is 1.08 bits per heavy atom. The van der Waals surface area contributed by atoms with Gasteiger partial charge in [0.2, 0.25) is 11.8 Å². The highest BCUT2D eigenvalue weighted by Gasteiger charge is 2.35. The average Bonchev–Trinajstić information content (AvgIpc) is 2.98. The van der Waals surface area contributed by atoms with Gasteiger partial charge < -0.3 is 5.11 Å². The van der Waals surface area contributed by atoms with Gasteiger partial charge >= 0.3 is 5.97 Å². The Hall–Kier alpha value is -1.39. The summed E-state index contributed by atoms with van der Waals surface area (Å²) in [6.07, 6.45) is 13.4. The van der Waals surface area contributed by atoms with E-state index >= 15 is 0 Å². The standard InChI is InChI=1S/C21H37NO4/c1-3-4-5-6-7-8-9-10-11-12-19(23)22-18(15-16-20(22)24)14-13-17(2)21(25)26/h17-18H,3-16H2,1-2H3,(H,25,26). The van der Waals surface area contributed by atoms with Crippen molar-refractivity contribution in [2.24, 2.45) is 5.92 Å². The second kappa shape index (κ2) is 12.9. The fourth-order valence-corrected chi connectivity index (χ4v) is 3.63. The van der Waals surface area contributed by atoms with Crippen molar-refractivity contribution in [3.05, 3.63) is 0 Å². The molecule has 150 valence electrons. The van der Waals surface area contributed by atoms with Crippen LogP contribution in [0.2, 0.25) is 0 Å². The van der Waals surface area contributed by atoms with Crippen LogP contribution in [0.1, 0.15) is 104 Å². The smallest absolute Gasteiger partial charge is 0.306 e. The van der Waals surface area contributed by atoms with Crippen LogP contribution < -0.4 is 0 Å². The van der Waals surface area contributed by atoms with Crippen LogP contribution in [0.3, 0.4) is 0 Å². The number of nitrogens with zero attached hydrogens (tertiary/aromatic N) is 1. The fraction of sp³-hybridized carbons (Fsp3) is 0.857. The van der Waals surface area contributed by atoms with Gasteiger partial charge in [-0.25, -0.2) is 0 Å². The van der Waals surface area contributed by atoms with E-state index in [1.807, 2.05) is 0 Å². The topological polar surface area (TPSA) is 74.7 Å². The van der Waals surface area contributed by atoms with Gasteiger partial charge in [-0.15, -0.1) is 0 Å². The number of unbranched alkanes of at least 4 members (excludes halogenated alkanes) is 8. The normalized spacial score (nSPS) is 18.3. The molecule has 0 aromatic carbocycles. The number of carboxylic acid groups (broad SMARTS) is 1. The van der Waals surface area contributed by atoms with E-state index in [-0.39, 0.29) is 17.9 Å². The third kappa shape index (κ3) is 8.33. The van der Waals surface area contributed by atoms with Gasteiger partial charge in [0.25, 0.3) is 0 Å². The summed E-state index contributed by atoms with van der Waals surface area (Å²) in [5, 5.41) is 8.98. The van der Waals surface area contributed by atoms with E-state index in [0.717, 1.165) is 19.3 Å². The van der Waals surface area contributed by atoms with Gasteiger partial charge in [0.15, 0.2) is 0 Å². The second-order valence-electron chi connectivity index (χ2n) is 7.75. The highest BCUT2D eigenvalue weighted by Crippen LogP contribution is 2.25. The van der Waals surface area contributed by atoms with Gasteiger partial charge in [-0.05, 0) is 25.7 Å². The van der Waals surface area contributed by atoms with Crippen LogP contribution in [0.4, 0.5) is 0 Å². The van der Waals surface area contributed by atoms with Crippen LogP contribution in [0, 0.1) is 5.92 Å². The Morgan fingerprint density at radius 2 is 1.65 bits per heavy atom. The van der Waals surface area contributed by atoms with E-state index in [0.29, 0.717) is 32.1 Å². The number of hydrogen-bond donors (Lipinski definition) is 1. The molecule has 0 radical (unpaired) electrons. The molecule has 5 heteroatoms. The summed E-state index contributed by atoms with van der Waals surface area (Å²) in [6, 6.07) is -0.102. The number of carbonyl (C=O) groups is 3. The maximum Gasteiger partial charge on any atom is 0.306 e. The summed E-state index contributed by atoms with van der Waals surface area (Å²) in [4.78, 5) is 36.9. The molecule has 1 fully saturated rings. The third-order valence-electron chi connectivity index (χ3n) is 5.44. The maximum atomic E-state index is 12.4. The zero-order valence-electron chi connectivity index (χ0n) is 16.7. The Bertz CT molecular complexity index is 449.